The summed E-state index contributed by atoms with van der Waals surface area (Å²) in [6.07, 6.45) is -7.16. The Labute approximate surface area is 217 Å². The summed E-state index contributed by atoms with van der Waals surface area (Å²) >= 11 is 0. The first-order valence-corrected chi connectivity index (χ1v) is 13.1. The monoisotopic (exact) mass is 602 g/mol. The van der Waals surface area contributed by atoms with Gasteiger partial charge in [0.1, 0.15) is 0 Å². The SMILES string of the molecule is Cc1ccc(-[s+]2c3ccccc3c(=O)c3ccccc32)cc1.O=S(=O)([O-])C(F)(F)C(F)(F)C(F)(F)C(F)(F)F. The Bertz CT molecular complexity index is 1620. The van der Waals surface area contributed by atoms with Gasteiger partial charge in [-0.3, -0.25) is 4.79 Å². The number of halogens is 9. The molecule has 0 radical (unpaired) electrons. The second-order valence-corrected chi connectivity index (χ2v) is 11.4. The standard InChI is InChI=1S/C20H15OS.C4HF9O3S/c1-14-10-12-15(13-11-14)22-18-8-4-2-6-16(18)20(21)17-7-3-5-9-19(17)22;5-1(6,3(9,10)11)2(7,8)4(12,13)17(14,15)16/h2-13H,1H3;(H,14,15,16)/q+1;/p-1. The van der Waals surface area contributed by atoms with Gasteiger partial charge in [0.25, 0.3) is 0 Å². The van der Waals surface area contributed by atoms with Gasteiger partial charge in [0, 0.05) is 10.5 Å². The molecule has 210 valence electrons. The third-order valence-corrected chi connectivity index (χ3v) is 8.61. The highest BCUT2D eigenvalue weighted by Crippen LogP contribution is 2.54. The lowest BCUT2D eigenvalue weighted by atomic mass is 10.1. The van der Waals surface area contributed by atoms with Crippen LogP contribution in [-0.2, 0) is 10.1 Å². The number of benzene rings is 3. The van der Waals surface area contributed by atoms with Crippen molar-refractivity contribution >= 4 is 40.8 Å². The Morgan fingerprint density at radius 3 is 1.46 bits per heavy atom. The van der Waals surface area contributed by atoms with Crippen LogP contribution in [0.25, 0.3) is 25.1 Å². The molecule has 0 N–H and O–H groups in total. The van der Waals surface area contributed by atoms with Crippen molar-refractivity contribution in [3.63, 3.8) is 0 Å². The fourth-order valence-corrected chi connectivity index (χ4v) is 6.16. The van der Waals surface area contributed by atoms with Gasteiger partial charge in [-0.1, -0.05) is 42.0 Å². The molecule has 0 saturated heterocycles. The molecule has 0 aliphatic heterocycles. The van der Waals surface area contributed by atoms with Crippen LogP contribution in [0, 0.1) is 6.92 Å². The van der Waals surface area contributed by atoms with E-state index >= 15 is 0 Å². The van der Waals surface area contributed by atoms with Crippen molar-refractivity contribution in [2.75, 3.05) is 0 Å². The fourth-order valence-electron chi connectivity index (χ4n) is 3.37. The number of hydrogen-bond donors (Lipinski definition) is 0. The van der Waals surface area contributed by atoms with Gasteiger partial charge in [-0.25, -0.2) is 8.42 Å². The summed E-state index contributed by atoms with van der Waals surface area (Å²) in [5.74, 6) is -14.8. The molecule has 0 atom stereocenters. The predicted octanol–water partition coefficient (Wildman–Crippen LogP) is 7.36. The van der Waals surface area contributed by atoms with Crippen molar-refractivity contribution in [2.45, 2.75) is 30.2 Å². The Kier molecular flexibility index (Phi) is 7.86. The average Bonchev–Trinajstić information content (AvgIpc) is 2.84. The lowest BCUT2D eigenvalue weighted by molar-refractivity contribution is -0.382. The van der Waals surface area contributed by atoms with Crippen molar-refractivity contribution in [1.29, 1.82) is 0 Å². The van der Waals surface area contributed by atoms with Crippen LogP contribution in [0.3, 0.4) is 0 Å². The molecule has 4 rings (SSSR count). The van der Waals surface area contributed by atoms with Crippen molar-refractivity contribution in [3.05, 3.63) is 88.6 Å². The summed E-state index contributed by atoms with van der Waals surface area (Å²) in [6.45, 7) is 2.10. The largest absolute Gasteiger partial charge is 0.743 e. The molecule has 3 aromatic carbocycles. The summed E-state index contributed by atoms with van der Waals surface area (Å²) < 4.78 is 138. The second-order valence-electron chi connectivity index (χ2n) is 8.06. The third kappa shape index (κ3) is 5.22. The van der Waals surface area contributed by atoms with Crippen LogP contribution in [0.2, 0.25) is 0 Å². The highest BCUT2D eigenvalue weighted by molar-refractivity contribution is 7.86. The van der Waals surface area contributed by atoms with Gasteiger partial charge in [-0.05, 0) is 43.3 Å². The molecule has 4 aromatic rings. The quantitative estimate of drug-likeness (QED) is 0.106. The molecule has 0 aliphatic carbocycles. The summed E-state index contributed by atoms with van der Waals surface area (Å²) in [5, 5.41) is -5.44. The highest BCUT2D eigenvalue weighted by atomic mass is 32.2. The minimum absolute atomic E-state index is 0.141. The number of fused-ring (bicyclic) bond motifs is 2. The third-order valence-electron chi connectivity index (χ3n) is 5.39. The fraction of sp³-hybridized carbons (Fsp3) is 0.208. The Morgan fingerprint density at radius 1 is 0.667 bits per heavy atom. The molecular formula is C24H15F9O4S2. The molecule has 39 heavy (non-hydrogen) atoms. The van der Waals surface area contributed by atoms with E-state index in [1.165, 1.54) is 10.5 Å². The zero-order chi connectivity index (χ0) is 29.6. The minimum atomic E-state index is -7.43. The Hall–Kier alpha value is -3.17. The van der Waals surface area contributed by atoms with E-state index in [2.05, 4.69) is 43.3 Å². The van der Waals surface area contributed by atoms with E-state index in [1.807, 2.05) is 36.4 Å². The zero-order valence-corrected chi connectivity index (χ0v) is 20.9. The highest BCUT2D eigenvalue weighted by Gasteiger charge is 2.83. The van der Waals surface area contributed by atoms with Crippen molar-refractivity contribution in [2.24, 2.45) is 0 Å². The molecule has 0 saturated carbocycles. The normalized spacial score (nSPS) is 13.3. The zero-order valence-electron chi connectivity index (χ0n) is 19.3. The Morgan fingerprint density at radius 2 is 1.08 bits per heavy atom. The van der Waals surface area contributed by atoms with Gasteiger partial charge in [0.2, 0.25) is 5.43 Å². The maximum atomic E-state index is 12.7. The minimum Gasteiger partial charge on any atom is -0.743 e. The summed E-state index contributed by atoms with van der Waals surface area (Å²) in [6, 6.07) is 24.7. The molecule has 0 bridgehead atoms. The molecule has 1 aromatic heterocycles. The second kappa shape index (κ2) is 10.1. The summed E-state index contributed by atoms with van der Waals surface area (Å²) in [7, 11) is -7.62. The van der Waals surface area contributed by atoms with Crippen LogP contribution in [0.1, 0.15) is 5.56 Å². The van der Waals surface area contributed by atoms with Gasteiger partial charge in [0.15, 0.2) is 24.4 Å². The van der Waals surface area contributed by atoms with Crippen molar-refractivity contribution < 1.29 is 52.5 Å². The maximum absolute atomic E-state index is 12.7. The maximum Gasteiger partial charge on any atom is 0.460 e. The average molecular weight is 602 g/mol. The van der Waals surface area contributed by atoms with Crippen LogP contribution < -0.4 is 5.43 Å². The van der Waals surface area contributed by atoms with Crippen LogP contribution in [0.5, 0.6) is 0 Å². The van der Waals surface area contributed by atoms with Gasteiger partial charge in [-0.2, -0.15) is 39.5 Å². The molecular weight excluding hydrogens is 587 g/mol. The van der Waals surface area contributed by atoms with Crippen LogP contribution in [0.4, 0.5) is 39.5 Å². The van der Waals surface area contributed by atoms with E-state index in [0.29, 0.717) is 0 Å². The van der Waals surface area contributed by atoms with Gasteiger partial charge in [-0.15, -0.1) is 0 Å². The molecule has 0 unspecified atom stereocenters. The van der Waals surface area contributed by atoms with E-state index < -0.39 is 33.4 Å². The molecule has 0 spiro atoms. The molecule has 0 amide bonds. The van der Waals surface area contributed by atoms with Gasteiger partial charge in [0.05, 0.1) is 10.8 Å². The van der Waals surface area contributed by atoms with Gasteiger partial charge >= 0.3 is 23.3 Å². The van der Waals surface area contributed by atoms with E-state index in [-0.39, 0.29) is 15.9 Å². The van der Waals surface area contributed by atoms with E-state index in [1.54, 1.807) is 0 Å². The van der Waals surface area contributed by atoms with Crippen LogP contribution in [-0.4, -0.2) is 36.2 Å². The van der Waals surface area contributed by atoms with Crippen molar-refractivity contribution in [3.8, 4) is 4.90 Å². The van der Waals surface area contributed by atoms with Gasteiger partial charge < -0.3 is 4.55 Å². The lowest BCUT2D eigenvalue weighted by Gasteiger charge is -2.34. The first-order valence-electron chi connectivity index (χ1n) is 10.4. The molecule has 0 fully saturated rings. The smallest absolute Gasteiger partial charge is 0.460 e. The predicted molar refractivity (Wildman–Crippen MR) is 127 cm³/mol. The lowest BCUT2D eigenvalue weighted by Crippen LogP contribution is -2.63. The molecule has 15 heteroatoms. The number of rotatable bonds is 4. The van der Waals surface area contributed by atoms with E-state index in [4.69, 9.17) is 0 Å². The number of aryl methyl sites for hydroxylation is 1. The van der Waals surface area contributed by atoms with Crippen molar-refractivity contribution in [1.82, 2.24) is 0 Å². The summed E-state index contributed by atoms with van der Waals surface area (Å²) in [4.78, 5) is 14.0. The summed E-state index contributed by atoms with van der Waals surface area (Å²) in [5.41, 5.74) is 1.39. The molecule has 1 heterocycles. The topological polar surface area (TPSA) is 74.3 Å². The van der Waals surface area contributed by atoms with E-state index in [0.717, 1.165) is 20.2 Å². The Balaban J connectivity index is 0.000000225. The first kappa shape index (κ1) is 30.4. The van der Waals surface area contributed by atoms with Crippen LogP contribution >= 0.6 is 10.5 Å². The molecule has 0 aliphatic rings. The van der Waals surface area contributed by atoms with E-state index in [9.17, 15) is 57.3 Å². The number of alkyl halides is 9. The van der Waals surface area contributed by atoms with Crippen LogP contribution in [0.15, 0.2) is 77.6 Å². The number of hydrogen-bond acceptors (Lipinski definition) is 4. The first-order chi connectivity index (χ1) is 17.8. The molecule has 4 nitrogen and oxygen atoms in total.